The van der Waals surface area contributed by atoms with E-state index in [2.05, 4.69) is 4.74 Å². The van der Waals surface area contributed by atoms with Crippen molar-refractivity contribution in [2.75, 3.05) is 7.11 Å². The zero-order chi connectivity index (χ0) is 8.85. The minimum absolute atomic E-state index is 0.275. The largest absolute Gasteiger partial charge is 0.481 e. The Morgan fingerprint density at radius 1 is 1.45 bits per heavy atom. The van der Waals surface area contributed by atoms with Gasteiger partial charge in [0, 0.05) is 0 Å². The minimum atomic E-state index is -1.15. The Morgan fingerprint density at radius 3 is 2.36 bits per heavy atom. The summed E-state index contributed by atoms with van der Waals surface area (Å²) in [4.78, 5) is 20.4. The maximum atomic E-state index is 10.4. The molecule has 2 N–H and O–H groups in total. The number of carboxylic acids is 1. The first-order valence-corrected chi connectivity index (χ1v) is 3.03. The van der Waals surface area contributed by atoms with E-state index in [9.17, 15) is 9.59 Å². The van der Waals surface area contributed by atoms with Crippen molar-refractivity contribution in [1.29, 1.82) is 0 Å². The number of rotatable bonds is 4. The standard InChI is InChI=1S/C6H10O5/c1-11-6(10)3-4(7)2-5(8)9/h4,7H,2-3H2,1H3,(H,8,9). The van der Waals surface area contributed by atoms with Crippen LogP contribution in [-0.4, -0.2) is 35.4 Å². The molecule has 0 aromatic carbocycles. The predicted molar refractivity (Wildman–Crippen MR) is 34.9 cm³/mol. The lowest BCUT2D eigenvalue weighted by Crippen LogP contribution is -2.18. The maximum Gasteiger partial charge on any atom is 0.308 e. The molecule has 0 aromatic rings. The first-order chi connectivity index (χ1) is 5.06. The van der Waals surface area contributed by atoms with Crippen LogP contribution in [0.4, 0.5) is 0 Å². The summed E-state index contributed by atoms with van der Waals surface area (Å²) in [7, 11) is 1.18. The van der Waals surface area contributed by atoms with E-state index >= 15 is 0 Å². The molecule has 0 bridgehead atoms. The highest BCUT2D eigenvalue weighted by Crippen LogP contribution is 1.98. The molecule has 0 amide bonds. The molecule has 0 fully saturated rings. The Hall–Kier alpha value is -1.10. The lowest BCUT2D eigenvalue weighted by Gasteiger charge is -2.04. The van der Waals surface area contributed by atoms with E-state index in [0.29, 0.717) is 0 Å². The zero-order valence-corrected chi connectivity index (χ0v) is 6.11. The van der Waals surface area contributed by atoms with Crippen molar-refractivity contribution in [3.8, 4) is 0 Å². The van der Waals surface area contributed by atoms with Gasteiger partial charge in [-0.3, -0.25) is 9.59 Å². The molecule has 0 aliphatic carbocycles. The molecular formula is C6H10O5. The van der Waals surface area contributed by atoms with Crippen LogP contribution in [0.5, 0.6) is 0 Å². The molecule has 0 saturated heterocycles. The molecule has 0 heterocycles. The molecule has 64 valence electrons. The van der Waals surface area contributed by atoms with Crippen LogP contribution in [0.3, 0.4) is 0 Å². The highest BCUT2D eigenvalue weighted by Gasteiger charge is 2.13. The monoisotopic (exact) mass is 162 g/mol. The summed E-state index contributed by atoms with van der Waals surface area (Å²) in [6.45, 7) is 0. The van der Waals surface area contributed by atoms with E-state index in [-0.39, 0.29) is 6.42 Å². The van der Waals surface area contributed by atoms with E-state index in [1.807, 2.05) is 0 Å². The number of hydrogen-bond donors (Lipinski definition) is 2. The number of aliphatic hydroxyl groups excluding tert-OH is 1. The van der Waals surface area contributed by atoms with Crippen molar-refractivity contribution in [3.05, 3.63) is 0 Å². The van der Waals surface area contributed by atoms with Gasteiger partial charge in [0.05, 0.1) is 26.1 Å². The maximum absolute atomic E-state index is 10.4. The van der Waals surface area contributed by atoms with Crippen molar-refractivity contribution in [3.63, 3.8) is 0 Å². The van der Waals surface area contributed by atoms with Gasteiger partial charge in [-0.05, 0) is 0 Å². The third-order valence-corrected chi connectivity index (χ3v) is 1.04. The number of carboxylic acid groups (broad SMARTS) is 1. The lowest BCUT2D eigenvalue weighted by molar-refractivity contribution is -0.144. The smallest absolute Gasteiger partial charge is 0.308 e. The predicted octanol–water partition coefficient (Wildman–Crippen LogP) is -0.615. The molecule has 11 heavy (non-hydrogen) atoms. The number of carbonyl (C=O) groups excluding carboxylic acids is 1. The second-order valence-corrected chi connectivity index (χ2v) is 2.03. The van der Waals surface area contributed by atoms with Gasteiger partial charge in [0.25, 0.3) is 0 Å². The van der Waals surface area contributed by atoms with Crippen LogP contribution in [0.2, 0.25) is 0 Å². The quantitative estimate of drug-likeness (QED) is 0.538. The summed E-state index contributed by atoms with van der Waals surface area (Å²) < 4.78 is 4.21. The van der Waals surface area contributed by atoms with Gasteiger partial charge in [-0.15, -0.1) is 0 Å². The normalized spacial score (nSPS) is 12.2. The number of ether oxygens (including phenoxy) is 1. The highest BCUT2D eigenvalue weighted by molar-refractivity contribution is 5.72. The number of aliphatic carboxylic acids is 1. The third kappa shape index (κ3) is 5.35. The fourth-order valence-corrected chi connectivity index (χ4v) is 0.549. The third-order valence-electron chi connectivity index (χ3n) is 1.04. The summed E-state index contributed by atoms with van der Waals surface area (Å²) in [6, 6.07) is 0. The van der Waals surface area contributed by atoms with Crippen LogP contribution < -0.4 is 0 Å². The number of hydrogen-bond acceptors (Lipinski definition) is 4. The summed E-state index contributed by atoms with van der Waals surface area (Å²) in [6.07, 6.45) is -1.86. The molecule has 0 aromatic heterocycles. The Morgan fingerprint density at radius 2 is 2.00 bits per heavy atom. The molecule has 5 nitrogen and oxygen atoms in total. The van der Waals surface area contributed by atoms with Gasteiger partial charge >= 0.3 is 11.9 Å². The van der Waals surface area contributed by atoms with Crippen molar-refractivity contribution < 1.29 is 24.5 Å². The molecule has 5 heteroatoms. The fourth-order valence-electron chi connectivity index (χ4n) is 0.549. The number of methoxy groups -OCH3 is 1. The Balaban J connectivity index is 3.60. The van der Waals surface area contributed by atoms with E-state index < -0.39 is 24.5 Å². The number of aliphatic hydroxyl groups is 1. The van der Waals surface area contributed by atoms with Crippen molar-refractivity contribution in [1.82, 2.24) is 0 Å². The number of esters is 1. The van der Waals surface area contributed by atoms with Gasteiger partial charge in [-0.2, -0.15) is 0 Å². The van der Waals surface area contributed by atoms with Gasteiger partial charge in [0.2, 0.25) is 0 Å². The topological polar surface area (TPSA) is 83.8 Å². The Kier molecular flexibility index (Phi) is 4.21. The molecule has 1 atom stereocenters. The first-order valence-electron chi connectivity index (χ1n) is 3.03. The van der Waals surface area contributed by atoms with E-state index in [4.69, 9.17) is 10.2 Å². The van der Waals surface area contributed by atoms with Crippen LogP contribution >= 0.6 is 0 Å². The van der Waals surface area contributed by atoms with Gasteiger partial charge < -0.3 is 14.9 Å². The second kappa shape index (κ2) is 4.68. The summed E-state index contributed by atoms with van der Waals surface area (Å²) in [5.41, 5.74) is 0. The van der Waals surface area contributed by atoms with Crippen LogP contribution in [0.15, 0.2) is 0 Å². The zero-order valence-electron chi connectivity index (χ0n) is 6.11. The summed E-state index contributed by atoms with van der Waals surface area (Å²) in [5.74, 6) is -1.75. The molecule has 0 saturated carbocycles. The van der Waals surface area contributed by atoms with Crippen LogP contribution in [0, 0.1) is 0 Å². The molecule has 0 aliphatic heterocycles. The average molecular weight is 162 g/mol. The SMILES string of the molecule is COC(=O)CC(O)CC(=O)O. The van der Waals surface area contributed by atoms with Gasteiger partial charge in [0.1, 0.15) is 0 Å². The summed E-state index contributed by atoms with van der Waals surface area (Å²) >= 11 is 0. The van der Waals surface area contributed by atoms with Crippen molar-refractivity contribution in [2.24, 2.45) is 0 Å². The van der Waals surface area contributed by atoms with E-state index in [1.165, 1.54) is 7.11 Å². The average Bonchev–Trinajstić information content (AvgIpc) is 1.85. The Labute approximate surface area is 63.6 Å². The van der Waals surface area contributed by atoms with Crippen LogP contribution in [0.25, 0.3) is 0 Å². The summed E-state index contributed by atoms with van der Waals surface area (Å²) in [5, 5.41) is 17.0. The molecule has 0 aliphatic rings. The van der Waals surface area contributed by atoms with Gasteiger partial charge in [-0.1, -0.05) is 0 Å². The molecule has 0 rings (SSSR count). The highest BCUT2D eigenvalue weighted by atomic mass is 16.5. The number of carbonyl (C=O) groups is 2. The first kappa shape index (κ1) is 9.90. The van der Waals surface area contributed by atoms with Crippen molar-refractivity contribution in [2.45, 2.75) is 18.9 Å². The van der Waals surface area contributed by atoms with Crippen LogP contribution in [0.1, 0.15) is 12.8 Å². The minimum Gasteiger partial charge on any atom is -0.481 e. The van der Waals surface area contributed by atoms with Gasteiger partial charge in [-0.25, -0.2) is 0 Å². The Bertz CT molecular complexity index is 153. The fraction of sp³-hybridized carbons (Fsp3) is 0.667. The molecule has 0 spiro atoms. The molecule has 1 unspecified atom stereocenters. The second-order valence-electron chi connectivity index (χ2n) is 2.03. The molecule has 0 radical (unpaired) electrons. The molecular weight excluding hydrogens is 152 g/mol. The van der Waals surface area contributed by atoms with Crippen LogP contribution in [-0.2, 0) is 14.3 Å². The van der Waals surface area contributed by atoms with E-state index in [1.54, 1.807) is 0 Å². The lowest BCUT2D eigenvalue weighted by atomic mass is 10.2. The van der Waals surface area contributed by atoms with Crippen molar-refractivity contribution >= 4 is 11.9 Å². The van der Waals surface area contributed by atoms with E-state index in [0.717, 1.165) is 0 Å². The van der Waals surface area contributed by atoms with Gasteiger partial charge in [0.15, 0.2) is 0 Å².